The molecule has 1 aromatic heterocycles. The maximum absolute atomic E-state index is 5.98. The molecule has 0 saturated carbocycles. The van der Waals surface area contributed by atoms with Gasteiger partial charge in [-0.25, -0.2) is 0 Å². The standard InChI is InChI=1S/C19H14NOS/c1-12-6-8-15-17(10-12)21-11-20-16-9-7-13-4-2-3-5-14(13)18(16)22-19(15)20/h2-10H,11H2,1H3/q+1. The van der Waals surface area contributed by atoms with Crippen LogP contribution >= 0.6 is 11.3 Å². The van der Waals surface area contributed by atoms with Crippen molar-refractivity contribution in [2.45, 2.75) is 13.7 Å². The first kappa shape index (κ1) is 12.2. The highest BCUT2D eigenvalue weighted by Crippen LogP contribution is 2.39. The van der Waals surface area contributed by atoms with Crippen LogP contribution in [-0.4, -0.2) is 0 Å². The van der Waals surface area contributed by atoms with E-state index in [1.54, 1.807) is 0 Å². The summed E-state index contributed by atoms with van der Waals surface area (Å²) in [6, 6.07) is 19.4. The minimum atomic E-state index is 0.587. The first-order valence-electron chi connectivity index (χ1n) is 7.39. The Balaban J connectivity index is 1.89. The summed E-state index contributed by atoms with van der Waals surface area (Å²) >= 11 is 1.86. The number of rotatable bonds is 0. The fourth-order valence-corrected chi connectivity index (χ4v) is 4.51. The van der Waals surface area contributed by atoms with E-state index < -0.39 is 0 Å². The smallest absolute Gasteiger partial charge is 0.293 e. The Bertz CT molecular complexity index is 1050. The van der Waals surface area contributed by atoms with Gasteiger partial charge >= 0.3 is 0 Å². The number of nitrogens with zero attached hydrogens (tertiary/aromatic N) is 1. The van der Waals surface area contributed by atoms with Crippen molar-refractivity contribution in [2.24, 2.45) is 0 Å². The number of thiazole rings is 1. The largest absolute Gasteiger partial charge is 0.435 e. The lowest BCUT2D eigenvalue weighted by Gasteiger charge is -2.13. The van der Waals surface area contributed by atoms with Crippen molar-refractivity contribution in [2.75, 3.05) is 0 Å². The van der Waals surface area contributed by atoms with E-state index in [4.69, 9.17) is 4.74 Å². The zero-order valence-corrected chi connectivity index (χ0v) is 13.0. The van der Waals surface area contributed by atoms with Gasteiger partial charge in [-0.15, -0.1) is 4.57 Å². The quantitative estimate of drug-likeness (QED) is 0.430. The van der Waals surface area contributed by atoms with E-state index in [-0.39, 0.29) is 0 Å². The molecular formula is C19H14NOS+. The highest BCUT2D eigenvalue weighted by Gasteiger charge is 2.30. The molecule has 0 spiro atoms. The number of aryl methyl sites for hydroxylation is 1. The zero-order valence-electron chi connectivity index (χ0n) is 12.2. The molecule has 4 aromatic rings. The Morgan fingerprint density at radius 2 is 1.95 bits per heavy atom. The van der Waals surface area contributed by atoms with E-state index in [0.717, 1.165) is 5.75 Å². The van der Waals surface area contributed by atoms with E-state index in [2.05, 4.69) is 66.1 Å². The van der Waals surface area contributed by atoms with Gasteiger partial charge in [0.1, 0.15) is 10.4 Å². The van der Waals surface area contributed by atoms with Crippen LogP contribution in [0.15, 0.2) is 54.6 Å². The van der Waals surface area contributed by atoms with Crippen molar-refractivity contribution < 1.29 is 9.30 Å². The van der Waals surface area contributed by atoms with Gasteiger partial charge in [0.25, 0.3) is 11.7 Å². The molecule has 0 unspecified atom stereocenters. The van der Waals surface area contributed by atoms with Gasteiger partial charge in [0, 0.05) is 11.5 Å². The van der Waals surface area contributed by atoms with Crippen LogP contribution in [0.5, 0.6) is 5.75 Å². The summed E-state index contributed by atoms with van der Waals surface area (Å²) in [5.74, 6) is 0.996. The van der Waals surface area contributed by atoms with Crippen LogP contribution in [0.4, 0.5) is 0 Å². The van der Waals surface area contributed by atoms with E-state index in [1.165, 1.54) is 37.1 Å². The Labute approximate surface area is 132 Å². The van der Waals surface area contributed by atoms with Gasteiger partial charge in [0.15, 0.2) is 0 Å². The van der Waals surface area contributed by atoms with Gasteiger partial charge in [-0.2, -0.15) is 0 Å². The van der Waals surface area contributed by atoms with Crippen LogP contribution in [0.1, 0.15) is 5.56 Å². The molecule has 0 bridgehead atoms. The molecule has 5 rings (SSSR count). The molecule has 3 heteroatoms. The molecule has 2 nitrogen and oxygen atoms in total. The highest BCUT2D eigenvalue weighted by molar-refractivity contribution is 7.22. The van der Waals surface area contributed by atoms with Crippen molar-refractivity contribution in [3.05, 3.63) is 60.2 Å². The van der Waals surface area contributed by atoms with Crippen molar-refractivity contribution >= 4 is 32.3 Å². The summed E-state index contributed by atoms with van der Waals surface area (Å²) in [6.45, 7) is 2.69. The number of hydrogen-bond acceptors (Lipinski definition) is 2. The number of aromatic nitrogens is 1. The molecule has 0 radical (unpaired) electrons. The average molecular weight is 304 g/mol. The molecule has 22 heavy (non-hydrogen) atoms. The summed E-state index contributed by atoms with van der Waals surface area (Å²) in [6.07, 6.45) is 0. The van der Waals surface area contributed by atoms with E-state index in [0.29, 0.717) is 6.73 Å². The molecule has 0 atom stereocenters. The number of fused-ring (bicyclic) bond motifs is 7. The van der Waals surface area contributed by atoms with Crippen molar-refractivity contribution in [1.82, 2.24) is 0 Å². The third kappa shape index (κ3) is 1.57. The Morgan fingerprint density at radius 3 is 2.91 bits per heavy atom. The third-order valence-corrected chi connectivity index (χ3v) is 5.58. The van der Waals surface area contributed by atoms with Gasteiger partial charge in [0.05, 0.1) is 5.56 Å². The van der Waals surface area contributed by atoms with Crippen LogP contribution in [0, 0.1) is 6.92 Å². The van der Waals surface area contributed by atoms with Crippen LogP contribution in [0.25, 0.3) is 31.6 Å². The second-order valence-corrected chi connectivity index (χ2v) is 6.74. The summed E-state index contributed by atoms with van der Waals surface area (Å²) in [5, 5.41) is 3.90. The third-order valence-electron chi connectivity index (χ3n) is 4.31. The molecule has 1 aliphatic heterocycles. The van der Waals surface area contributed by atoms with Gasteiger partial charge in [-0.1, -0.05) is 41.7 Å². The van der Waals surface area contributed by atoms with Crippen LogP contribution in [0.3, 0.4) is 0 Å². The molecule has 1 aliphatic rings. The molecule has 0 aliphatic carbocycles. The fourth-order valence-electron chi connectivity index (χ4n) is 3.20. The second kappa shape index (κ2) is 4.31. The summed E-state index contributed by atoms with van der Waals surface area (Å²) in [5.41, 5.74) is 3.69. The van der Waals surface area contributed by atoms with Gasteiger partial charge in [-0.05, 0) is 36.1 Å². The second-order valence-electron chi connectivity index (χ2n) is 5.74. The summed E-state index contributed by atoms with van der Waals surface area (Å²) in [7, 11) is 0. The molecule has 0 saturated heterocycles. The van der Waals surface area contributed by atoms with Crippen molar-refractivity contribution in [3.8, 4) is 16.3 Å². The molecule has 106 valence electrons. The topological polar surface area (TPSA) is 13.1 Å². The first-order valence-corrected chi connectivity index (χ1v) is 8.21. The van der Waals surface area contributed by atoms with Gasteiger partial charge < -0.3 is 4.74 Å². The monoisotopic (exact) mass is 304 g/mol. The highest BCUT2D eigenvalue weighted by atomic mass is 32.1. The summed E-state index contributed by atoms with van der Waals surface area (Å²) in [4.78, 5) is 0. The van der Waals surface area contributed by atoms with Gasteiger partial charge in [0.2, 0.25) is 5.52 Å². The summed E-state index contributed by atoms with van der Waals surface area (Å²) < 4.78 is 9.60. The molecule has 3 aromatic carbocycles. The van der Waals surface area contributed by atoms with Crippen molar-refractivity contribution in [3.63, 3.8) is 0 Å². The Morgan fingerprint density at radius 1 is 1.05 bits per heavy atom. The number of benzene rings is 3. The molecule has 2 heterocycles. The predicted molar refractivity (Wildman–Crippen MR) is 90.3 cm³/mol. The Kier molecular flexibility index (Phi) is 2.38. The number of hydrogen-bond donors (Lipinski definition) is 0. The lowest BCUT2D eigenvalue weighted by Crippen LogP contribution is -2.39. The van der Waals surface area contributed by atoms with E-state index in [9.17, 15) is 0 Å². The average Bonchev–Trinajstić information content (AvgIpc) is 2.94. The normalized spacial score (nSPS) is 13.0. The SMILES string of the molecule is Cc1ccc2c(c1)OC[n+]1c-2sc2c3ccccc3ccc21. The maximum atomic E-state index is 5.98. The maximum Gasteiger partial charge on any atom is 0.293 e. The lowest BCUT2D eigenvalue weighted by atomic mass is 10.1. The lowest BCUT2D eigenvalue weighted by molar-refractivity contribution is -0.689. The van der Waals surface area contributed by atoms with Crippen LogP contribution in [-0.2, 0) is 6.73 Å². The van der Waals surface area contributed by atoms with E-state index >= 15 is 0 Å². The van der Waals surface area contributed by atoms with E-state index in [1.807, 2.05) is 11.3 Å². The van der Waals surface area contributed by atoms with Gasteiger partial charge in [-0.3, -0.25) is 0 Å². The molecular weight excluding hydrogens is 290 g/mol. The first-order chi connectivity index (χ1) is 10.8. The van der Waals surface area contributed by atoms with Crippen LogP contribution in [0.2, 0.25) is 0 Å². The fraction of sp³-hybridized carbons (Fsp3) is 0.105. The minimum absolute atomic E-state index is 0.587. The number of ether oxygens (including phenoxy) is 1. The van der Waals surface area contributed by atoms with Crippen molar-refractivity contribution in [1.29, 1.82) is 0 Å². The van der Waals surface area contributed by atoms with Crippen LogP contribution < -0.4 is 9.30 Å². The molecule has 0 fully saturated rings. The predicted octanol–water partition coefficient (Wildman–Crippen LogP) is 4.67. The molecule has 0 amide bonds. The zero-order chi connectivity index (χ0) is 14.7. The molecule has 0 N–H and O–H groups in total. The Hall–Kier alpha value is -2.39. The minimum Gasteiger partial charge on any atom is -0.435 e.